The maximum absolute atomic E-state index is 14.1. The van der Waals surface area contributed by atoms with Crippen molar-refractivity contribution in [1.82, 2.24) is 20.4 Å². The third-order valence-electron chi connectivity index (χ3n) is 5.83. The van der Waals surface area contributed by atoms with E-state index >= 15 is 0 Å². The van der Waals surface area contributed by atoms with Crippen molar-refractivity contribution >= 4 is 29.9 Å². The highest BCUT2D eigenvalue weighted by Crippen LogP contribution is 2.26. The number of halogens is 2. The lowest BCUT2D eigenvalue weighted by atomic mass is 10.1. The lowest BCUT2D eigenvalue weighted by molar-refractivity contribution is 0.245. The van der Waals surface area contributed by atoms with Crippen LogP contribution in [-0.2, 0) is 13.1 Å². The zero-order valence-corrected chi connectivity index (χ0v) is 22.4. The normalized spacial score (nSPS) is 15.3. The third-order valence-corrected chi connectivity index (χ3v) is 5.83. The fourth-order valence-corrected chi connectivity index (χ4v) is 4.14. The smallest absolute Gasteiger partial charge is 0.191 e. The molecule has 0 amide bonds. The van der Waals surface area contributed by atoms with E-state index in [1.165, 1.54) is 18.4 Å². The minimum atomic E-state index is -0.169. The van der Waals surface area contributed by atoms with Gasteiger partial charge in [-0.1, -0.05) is 18.2 Å². The van der Waals surface area contributed by atoms with Crippen LogP contribution in [0.5, 0.6) is 5.75 Å². The molecule has 1 aliphatic heterocycles. The number of methoxy groups -OCH3 is 1. The van der Waals surface area contributed by atoms with Gasteiger partial charge in [-0.05, 0) is 75.4 Å². The van der Waals surface area contributed by atoms with Crippen LogP contribution < -0.4 is 15.4 Å². The molecule has 1 fully saturated rings. The van der Waals surface area contributed by atoms with E-state index in [9.17, 15) is 4.39 Å². The Morgan fingerprint density at radius 2 is 1.82 bits per heavy atom. The summed E-state index contributed by atoms with van der Waals surface area (Å²) in [4.78, 5) is 8.87. The molecule has 1 unspecified atom stereocenters. The molecular formula is C25H37FIN5O. The minimum absolute atomic E-state index is 0. The first kappa shape index (κ1) is 27.3. The molecule has 1 saturated heterocycles. The summed E-state index contributed by atoms with van der Waals surface area (Å²) in [6, 6.07) is 13.9. The summed E-state index contributed by atoms with van der Waals surface area (Å²) in [6.45, 7) is 4.12. The highest BCUT2D eigenvalue weighted by atomic mass is 127. The SMILES string of the molecule is CN=C(NCc1ccc(F)c(CN(C)C)c1)NCC(c1ccc(OC)cc1)N1CCCC1.I. The summed E-state index contributed by atoms with van der Waals surface area (Å²) < 4.78 is 19.4. The topological polar surface area (TPSA) is 52.1 Å². The monoisotopic (exact) mass is 569 g/mol. The molecule has 1 atom stereocenters. The summed E-state index contributed by atoms with van der Waals surface area (Å²) >= 11 is 0. The first-order valence-corrected chi connectivity index (χ1v) is 11.2. The Morgan fingerprint density at radius 1 is 1.12 bits per heavy atom. The van der Waals surface area contributed by atoms with Crippen molar-refractivity contribution in [1.29, 1.82) is 0 Å². The molecule has 0 aromatic heterocycles. The minimum Gasteiger partial charge on any atom is -0.497 e. The Balaban J connectivity index is 0.00000385. The summed E-state index contributed by atoms with van der Waals surface area (Å²) in [6.07, 6.45) is 2.47. The number of nitrogens with one attached hydrogen (secondary N) is 2. The second-order valence-electron chi connectivity index (χ2n) is 8.50. The van der Waals surface area contributed by atoms with E-state index in [1.54, 1.807) is 20.2 Å². The molecule has 33 heavy (non-hydrogen) atoms. The average Bonchev–Trinajstić information content (AvgIpc) is 3.32. The number of guanidine groups is 1. The van der Waals surface area contributed by atoms with E-state index in [2.05, 4.69) is 32.7 Å². The molecule has 0 radical (unpaired) electrons. The number of hydrogen-bond acceptors (Lipinski definition) is 4. The van der Waals surface area contributed by atoms with Gasteiger partial charge in [-0.3, -0.25) is 9.89 Å². The van der Waals surface area contributed by atoms with Crippen LogP contribution in [0.25, 0.3) is 0 Å². The molecule has 1 aliphatic rings. The molecular weight excluding hydrogens is 532 g/mol. The highest BCUT2D eigenvalue weighted by Gasteiger charge is 2.23. The van der Waals surface area contributed by atoms with Gasteiger partial charge in [0.2, 0.25) is 0 Å². The third kappa shape index (κ3) is 8.12. The van der Waals surface area contributed by atoms with Crippen molar-refractivity contribution in [2.75, 3.05) is 47.9 Å². The summed E-state index contributed by atoms with van der Waals surface area (Å²) in [7, 11) is 7.34. The molecule has 0 saturated carbocycles. The quantitative estimate of drug-likeness (QED) is 0.272. The Hall–Kier alpha value is -1.91. The number of likely N-dealkylation sites (tertiary alicyclic amines) is 1. The zero-order chi connectivity index (χ0) is 22.9. The average molecular weight is 570 g/mol. The molecule has 2 aromatic rings. The molecule has 182 valence electrons. The first-order chi connectivity index (χ1) is 15.5. The van der Waals surface area contributed by atoms with Crippen molar-refractivity contribution in [2.24, 2.45) is 4.99 Å². The second-order valence-corrected chi connectivity index (χ2v) is 8.50. The highest BCUT2D eigenvalue weighted by molar-refractivity contribution is 14.0. The van der Waals surface area contributed by atoms with Crippen LogP contribution in [0.4, 0.5) is 4.39 Å². The number of nitrogens with zero attached hydrogens (tertiary/aromatic N) is 3. The molecule has 2 N–H and O–H groups in total. The van der Waals surface area contributed by atoms with E-state index in [4.69, 9.17) is 4.74 Å². The van der Waals surface area contributed by atoms with Gasteiger partial charge in [0.1, 0.15) is 11.6 Å². The molecule has 0 spiro atoms. The number of aliphatic imine (C=N–C) groups is 1. The van der Waals surface area contributed by atoms with Crippen LogP contribution in [-0.4, -0.2) is 63.6 Å². The van der Waals surface area contributed by atoms with E-state index in [1.807, 2.05) is 43.3 Å². The Labute approximate surface area is 214 Å². The number of rotatable bonds is 9. The standard InChI is InChI=1S/C25H36FN5O.HI/c1-27-25(28-16-19-7-12-23(26)21(15-19)18-30(2)3)29-17-24(31-13-5-6-14-31)20-8-10-22(32-4)11-9-20;/h7-12,15,24H,5-6,13-14,16-18H2,1-4H3,(H2,27,28,29);1H. The van der Waals surface area contributed by atoms with Crippen molar-refractivity contribution in [2.45, 2.75) is 32.0 Å². The van der Waals surface area contributed by atoms with Gasteiger partial charge in [-0.2, -0.15) is 0 Å². The van der Waals surface area contributed by atoms with Gasteiger partial charge in [0.25, 0.3) is 0 Å². The number of benzene rings is 2. The van der Waals surface area contributed by atoms with Gasteiger partial charge in [-0.25, -0.2) is 4.39 Å². The van der Waals surface area contributed by atoms with Gasteiger partial charge in [0.05, 0.1) is 13.2 Å². The van der Waals surface area contributed by atoms with Gasteiger partial charge in [0.15, 0.2) is 5.96 Å². The van der Waals surface area contributed by atoms with E-state index in [0.717, 1.165) is 36.9 Å². The van der Waals surface area contributed by atoms with E-state index in [-0.39, 0.29) is 35.8 Å². The Morgan fingerprint density at radius 3 is 2.42 bits per heavy atom. The lowest BCUT2D eigenvalue weighted by Crippen LogP contribution is -2.42. The van der Waals surface area contributed by atoms with Crippen molar-refractivity contribution in [3.05, 3.63) is 65.0 Å². The molecule has 0 bridgehead atoms. The summed E-state index contributed by atoms with van der Waals surface area (Å²) in [5.74, 6) is 1.44. The number of hydrogen-bond donors (Lipinski definition) is 2. The van der Waals surface area contributed by atoms with E-state index < -0.39 is 0 Å². The van der Waals surface area contributed by atoms with E-state index in [0.29, 0.717) is 18.7 Å². The zero-order valence-electron chi connectivity index (χ0n) is 20.1. The van der Waals surface area contributed by atoms with Crippen molar-refractivity contribution in [3.8, 4) is 5.75 Å². The molecule has 3 rings (SSSR count). The summed E-state index contributed by atoms with van der Waals surface area (Å²) in [5.41, 5.74) is 2.99. The second kappa shape index (κ2) is 13.7. The largest absolute Gasteiger partial charge is 0.497 e. The Bertz CT molecular complexity index is 885. The fourth-order valence-electron chi connectivity index (χ4n) is 4.14. The molecule has 6 nitrogen and oxygen atoms in total. The van der Waals surface area contributed by atoms with Crippen LogP contribution in [0.3, 0.4) is 0 Å². The van der Waals surface area contributed by atoms with Crippen molar-refractivity contribution in [3.63, 3.8) is 0 Å². The van der Waals surface area contributed by atoms with Crippen LogP contribution in [0, 0.1) is 5.82 Å². The van der Waals surface area contributed by atoms with Crippen LogP contribution >= 0.6 is 24.0 Å². The van der Waals surface area contributed by atoms with Gasteiger partial charge >= 0.3 is 0 Å². The predicted octanol–water partition coefficient (Wildman–Crippen LogP) is 4.02. The van der Waals surface area contributed by atoms with Gasteiger partial charge in [-0.15, -0.1) is 24.0 Å². The van der Waals surface area contributed by atoms with Crippen LogP contribution in [0.2, 0.25) is 0 Å². The number of ether oxygens (including phenoxy) is 1. The van der Waals surface area contributed by atoms with Gasteiger partial charge < -0.3 is 20.3 Å². The fraction of sp³-hybridized carbons (Fsp3) is 0.480. The predicted molar refractivity (Wildman–Crippen MR) is 144 cm³/mol. The maximum Gasteiger partial charge on any atom is 0.191 e. The molecule has 1 heterocycles. The molecule has 8 heteroatoms. The molecule has 0 aliphatic carbocycles. The van der Waals surface area contributed by atoms with Gasteiger partial charge in [0, 0.05) is 32.2 Å². The Kier molecular flexibility index (Phi) is 11.4. The van der Waals surface area contributed by atoms with Crippen molar-refractivity contribution < 1.29 is 9.13 Å². The van der Waals surface area contributed by atoms with Crippen LogP contribution in [0.15, 0.2) is 47.5 Å². The first-order valence-electron chi connectivity index (χ1n) is 11.2. The lowest BCUT2D eigenvalue weighted by Gasteiger charge is -2.29. The molecule has 2 aromatic carbocycles. The maximum atomic E-state index is 14.1. The van der Waals surface area contributed by atoms with Crippen LogP contribution in [0.1, 0.15) is 35.6 Å². The summed E-state index contributed by atoms with van der Waals surface area (Å²) in [5, 5.41) is 6.85.